The largest absolute Gasteiger partial charge is 0.388 e. The first-order valence-electron chi connectivity index (χ1n) is 4.85. The lowest BCUT2D eigenvalue weighted by molar-refractivity contribution is 0.166. The van der Waals surface area contributed by atoms with Gasteiger partial charge < -0.3 is 5.11 Å². The average molecular weight is 247 g/mol. The van der Waals surface area contributed by atoms with Crippen molar-refractivity contribution in [2.24, 2.45) is 0 Å². The van der Waals surface area contributed by atoms with Gasteiger partial charge in [-0.1, -0.05) is 0 Å². The van der Waals surface area contributed by atoms with Gasteiger partial charge in [0.25, 0.3) is 0 Å². The van der Waals surface area contributed by atoms with E-state index in [1.54, 1.807) is 0 Å². The van der Waals surface area contributed by atoms with Crippen LogP contribution >= 0.6 is 0 Å². The third-order valence-electron chi connectivity index (χ3n) is 2.10. The number of nitrogens with zero attached hydrogens (tertiary/aromatic N) is 1. The zero-order valence-electron chi connectivity index (χ0n) is 8.93. The van der Waals surface area contributed by atoms with Crippen LogP contribution in [-0.4, -0.2) is 30.5 Å². The van der Waals surface area contributed by atoms with E-state index < -0.39 is 21.8 Å². The summed E-state index contributed by atoms with van der Waals surface area (Å²) in [5, 5.41) is 9.64. The second kappa shape index (κ2) is 5.36. The van der Waals surface area contributed by atoms with Crippen molar-refractivity contribution in [3.05, 3.63) is 29.8 Å². The summed E-state index contributed by atoms with van der Waals surface area (Å²) in [7, 11) is -3.01. The molecule has 1 rings (SSSR count). The lowest BCUT2D eigenvalue weighted by Crippen LogP contribution is -2.06. The first-order chi connectivity index (χ1) is 7.38. The quantitative estimate of drug-likeness (QED) is 0.845. The second-order valence-electron chi connectivity index (χ2n) is 3.72. The Morgan fingerprint density at radius 1 is 1.50 bits per heavy atom. The van der Waals surface area contributed by atoms with Crippen molar-refractivity contribution in [2.75, 3.05) is 12.0 Å². The fourth-order valence-electron chi connectivity index (χ4n) is 1.32. The number of aromatic nitrogens is 1. The fraction of sp³-hybridized carbons (Fsp3) is 0.500. The molecule has 0 amide bonds. The maximum absolute atomic E-state index is 12.8. The van der Waals surface area contributed by atoms with Gasteiger partial charge in [-0.3, -0.25) is 4.98 Å². The average Bonchev–Trinajstić information content (AvgIpc) is 2.15. The van der Waals surface area contributed by atoms with E-state index in [4.69, 9.17) is 0 Å². The van der Waals surface area contributed by atoms with Gasteiger partial charge in [0.1, 0.15) is 15.7 Å². The molecule has 1 unspecified atom stereocenters. The molecule has 4 nitrogen and oxygen atoms in total. The molecule has 0 aromatic carbocycles. The Morgan fingerprint density at radius 3 is 2.75 bits per heavy atom. The van der Waals surface area contributed by atoms with E-state index >= 15 is 0 Å². The van der Waals surface area contributed by atoms with Gasteiger partial charge >= 0.3 is 0 Å². The second-order valence-corrected chi connectivity index (χ2v) is 5.98. The minimum absolute atomic E-state index is 0.0206. The lowest BCUT2D eigenvalue weighted by Gasteiger charge is -2.09. The smallest absolute Gasteiger partial charge is 0.147 e. The number of aliphatic hydroxyl groups is 1. The van der Waals surface area contributed by atoms with E-state index in [1.807, 2.05) is 0 Å². The predicted molar refractivity (Wildman–Crippen MR) is 58.1 cm³/mol. The molecule has 6 heteroatoms. The topological polar surface area (TPSA) is 67.3 Å². The maximum Gasteiger partial charge on any atom is 0.147 e. The van der Waals surface area contributed by atoms with Gasteiger partial charge in [0.15, 0.2) is 0 Å². The summed E-state index contributed by atoms with van der Waals surface area (Å²) in [6.45, 7) is 0. The van der Waals surface area contributed by atoms with Crippen LogP contribution in [0.2, 0.25) is 0 Å². The molecule has 0 aliphatic heterocycles. The molecule has 0 saturated heterocycles. The van der Waals surface area contributed by atoms with Crippen LogP contribution in [0.15, 0.2) is 18.5 Å². The highest BCUT2D eigenvalue weighted by Gasteiger charge is 2.10. The van der Waals surface area contributed by atoms with Crippen molar-refractivity contribution in [2.45, 2.75) is 18.9 Å². The Kier molecular flexibility index (Phi) is 4.37. The van der Waals surface area contributed by atoms with E-state index in [-0.39, 0.29) is 12.2 Å². The van der Waals surface area contributed by atoms with Gasteiger partial charge in [-0.15, -0.1) is 0 Å². The lowest BCUT2D eigenvalue weighted by atomic mass is 10.1. The minimum atomic E-state index is -3.01. The van der Waals surface area contributed by atoms with Crippen molar-refractivity contribution in [3.8, 4) is 0 Å². The molecular weight excluding hydrogens is 233 g/mol. The molecule has 1 aromatic heterocycles. The molecule has 1 atom stereocenters. The zero-order chi connectivity index (χ0) is 12.2. The number of aliphatic hydroxyl groups excluding tert-OH is 1. The Hall–Kier alpha value is -1.01. The Labute approximate surface area is 94.1 Å². The van der Waals surface area contributed by atoms with E-state index in [2.05, 4.69) is 4.98 Å². The summed E-state index contributed by atoms with van der Waals surface area (Å²) in [5.74, 6) is -0.494. The number of sulfone groups is 1. The summed E-state index contributed by atoms with van der Waals surface area (Å²) in [6, 6.07) is 1.19. The predicted octanol–water partition coefficient (Wildman–Crippen LogP) is 1.08. The van der Waals surface area contributed by atoms with Crippen molar-refractivity contribution in [1.82, 2.24) is 4.98 Å². The van der Waals surface area contributed by atoms with Crippen molar-refractivity contribution in [3.63, 3.8) is 0 Å². The van der Waals surface area contributed by atoms with Crippen LogP contribution < -0.4 is 0 Å². The molecule has 1 aromatic rings. The highest BCUT2D eigenvalue weighted by molar-refractivity contribution is 7.90. The molecule has 90 valence electrons. The Balaban J connectivity index is 2.50. The van der Waals surface area contributed by atoms with E-state index in [0.29, 0.717) is 12.0 Å². The monoisotopic (exact) mass is 247 g/mol. The molecule has 0 aliphatic carbocycles. The van der Waals surface area contributed by atoms with Crippen LogP contribution in [0, 0.1) is 5.82 Å². The fourth-order valence-corrected chi connectivity index (χ4v) is 2.01. The number of hydrogen-bond donors (Lipinski definition) is 1. The standard InChI is InChI=1S/C10H14FNO3S/c1-16(14,15)4-2-3-10(13)8-5-9(11)7-12-6-8/h5-7,10,13H,2-4H2,1H3. The number of pyridine rings is 1. The number of halogens is 1. The van der Waals surface area contributed by atoms with E-state index in [9.17, 15) is 17.9 Å². The first kappa shape index (κ1) is 13.1. The van der Waals surface area contributed by atoms with Gasteiger partial charge in [-0.05, 0) is 18.9 Å². The summed E-state index contributed by atoms with van der Waals surface area (Å²) in [6.07, 6.45) is 3.31. The molecule has 0 aliphatic rings. The van der Waals surface area contributed by atoms with Crippen molar-refractivity contribution >= 4 is 9.84 Å². The minimum Gasteiger partial charge on any atom is -0.388 e. The molecule has 16 heavy (non-hydrogen) atoms. The van der Waals surface area contributed by atoms with Crippen LogP contribution in [0.25, 0.3) is 0 Å². The number of hydrogen-bond acceptors (Lipinski definition) is 4. The van der Waals surface area contributed by atoms with Gasteiger partial charge in [-0.25, -0.2) is 12.8 Å². The van der Waals surface area contributed by atoms with Crippen molar-refractivity contribution in [1.29, 1.82) is 0 Å². The Morgan fingerprint density at radius 2 is 2.19 bits per heavy atom. The highest BCUT2D eigenvalue weighted by Crippen LogP contribution is 2.18. The van der Waals surface area contributed by atoms with Gasteiger partial charge in [0.05, 0.1) is 12.3 Å². The van der Waals surface area contributed by atoms with E-state index in [0.717, 1.165) is 12.5 Å². The third-order valence-corrected chi connectivity index (χ3v) is 3.13. The van der Waals surface area contributed by atoms with Gasteiger partial charge in [0, 0.05) is 23.8 Å². The highest BCUT2D eigenvalue weighted by atomic mass is 32.2. The molecule has 1 heterocycles. The summed E-state index contributed by atoms with van der Waals surface area (Å²) in [5.41, 5.74) is 0.369. The summed E-state index contributed by atoms with van der Waals surface area (Å²) < 4.78 is 34.5. The molecule has 0 radical (unpaired) electrons. The van der Waals surface area contributed by atoms with Crippen LogP contribution in [0.3, 0.4) is 0 Å². The molecule has 0 fully saturated rings. The zero-order valence-corrected chi connectivity index (χ0v) is 9.74. The molecule has 0 spiro atoms. The summed E-state index contributed by atoms with van der Waals surface area (Å²) >= 11 is 0. The molecule has 0 saturated carbocycles. The number of rotatable bonds is 5. The molecule has 1 N–H and O–H groups in total. The Bertz CT molecular complexity index is 447. The summed E-state index contributed by atoms with van der Waals surface area (Å²) in [4.78, 5) is 3.61. The van der Waals surface area contributed by atoms with Crippen LogP contribution in [0.1, 0.15) is 24.5 Å². The van der Waals surface area contributed by atoms with Crippen LogP contribution in [-0.2, 0) is 9.84 Å². The first-order valence-corrected chi connectivity index (χ1v) is 6.91. The molecule has 0 bridgehead atoms. The van der Waals surface area contributed by atoms with Crippen LogP contribution in [0.5, 0.6) is 0 Å². The molecular formula is C10H14FNO3S. The normalized spacial score (nSPS) is 13.7. The third kappa shape index (κ3) is 4.67. The van der Waals surface area contributed by atoms with E-state index in [1.165, 1.54) is 12.3 Å². The van der Waals surface area contributed by atoms with Gasteiger partial charge in [-0.2, -0.15) is 0 Å². The van der Waals surface area contributed by atoms with Crippen LogP contribution in [0.4, 0.5) is 4.39 Å². The maximum atomic E-state index is 12.8. The van der Waals surface area contributed by atoms with Gasteiger partial charge in [0.2, 0.25) is 0 Å². The SMILES string of the molecule is CS(=O)(=O)CCCC(O)c1cncc(F)c1. The van der Waals surface area contributed by atoms with Crippen molar-refractivity contribution < 1.29 is 17.9 Å².